The van der Waals surface area contributed by atoms with E-state index < -0.39 is 10.0 Å². The summed E-state index contributed by atoms with van der Waals surface area (Å²) in [6.07, 6.45) is 1.63. The van der Waals surface area contributed by atoms with Crippen LogP contribution in [-0.2, 0) is 28.4 Å². The molecule has 2 N–H and O–H groups in total. The highest BCUT2D eigenvalue weighted by atomic mass is 32.2. The maximum atomic E-state index is 12.2. The van der Waals surface area contributed by atoms with Gasteiger partial charge in [0.25, 0.3) is 0 Å². The molecule has 0 aliphatic heterocycles. The van der Waals surface area contributed by atoms with Gasteiger partial charge in [0.05, 0.1) is 4.90 Å². The van der Waals surface area contributed by atoms with Crippen LogP contribution in [0.15, 0.2) is 17.2 Å². The van der Waals surface area contributed by atoms with Crippen molar-refractivity contribution in [3.8, 4) is 0 Å². The monoisotopic (exact) mass is 303 g/mol. The summed E-state index contributed by atoms with van der Waals surface area (Å²) in [7, 11) is -0.00171. The molecule has 0 aliphatic rings. The van der Waals surface area contributed by atoms with Gasteiger partial charge in [-0.05, 0) is 18.5 Å². The zero-order chi connectivity index (χ0) is 15.2. The van der Waals surface area contributed by atoms with E-state index in [0.29, 0.717) is 24.6 Å². The van der Waals surface area contributed by atoms with Crippen molar-refractivity contribution >= 4 is 10.0 Å². The van der Waals surface area contributed by atoms with Gasteiger partial charge in [-0.25, -0.2) is 13.1 Å². The molecule has 0 saturated heterocycles. The van der Waals surface area contributed by atoms with Crippen molar-refractivity contribution in [1.82, 2.24) is 14.6 Å². The Kier molecular flexibility index (Phi) is 6.67. The van der Waals surface area contributed by atoms with Crippen LogP contribution in [0, 0.1) is 5.92 Å². The third-order valence-electron chi connectivity index (χ3n) is 3.02. The lowest BCUT2D eigenvalue weighted by Gasteiger charge is -2.11. The second-order valence-corrected chi connectivity index (χ2v) is 6.74. The van der Waals surface area contributed by atoms with E-state index in [9.17, 15) is 8.42 Å². The van der Waals surface area contributed by atoms with Crippen LogP contribution in [0.25, 0.3) is 0 Å². The number of ether oxygens (including phenoxy) is 1. The quantitative estimate of drug-likeness (QED) is 0.704. The van der Waals surface area contributed by atoms with Crippen LogP contribution in [0.5, 0.6) is 0 Å². The van der Waals surface area contributed by atoms with E-state index in [1.54, 1.807) is 19.4 Å². The molecule has 1 aromatic rings. The zero-order valence-electron chi connectivity index (χ0n) is 12.6. The highest BCUT2D eigenvalue weighted by molar-refractivity contribution is 7.89. The van der Waals surface area contributed by atoms with Gasteiger partial charge in [-0.2, -0.15) is 0 Å². The van der Waals surface area contributed by atoms with Crippen molar-refractivity contribution in [1.29, 1.82) is 0 Å². The molecular weight excluding hydrogens is 278 g/mol. The molecule has 1 heterocycles. The number of rotatable bonds is 9. The molecule has 1 unspecified atom stereocenters. The van der Waals surface area contributed by atoms with E-state index in [0.717, 1.165) is 12.2 Å². The van der Waals surface area contributed by atoms with E-state index in [1.807, 2.05) is 25.5 Å². The molecule has 7 heteroatoms. The summed E-state index contributed by atoms with van der Waals surface area (Å²) >= 11 is 0. The van der Waals surface area contributed by atoms with Gasteiger partial charge >= 0.3 is 0 Å². The topological polar surface area (TPSA) is 72.4 Å². The van der Waals surface area contributed by atoms with Crippen molar-refractivity contribution < 1.29 is 13.2 Å². The Morgan fingerprint density at radius 2 is 2.15 bits per heavy atom. The Balaban J connectivity index is 2.72. The third kappa shape index (κ3) is 4.90. The van der Waals surface area contributed by atoms with E-state index in [2.05, 4.69) is 10.0 Å². The molecule has 20 heavy (non-hydrogen) atoms. The fraction of sp³-hybridized carbons (Fsp3) is 0.692. The normalized spacial score (nSPS) is 13.6. The van der Waals surface area contributed by atoms with Gasteiger partial charge in [0.15, 0.2) is 0 Å². The molecule has 6 nitrogen and oxygen atoms in total. The molecule has 1 aromatic heterocycles. The average molecular weight is 303 g/mol. The van der Waals surface area contributed by atoms with E-state index in [4.69, 9.17) is 4.74 Å². The molecule has 0 fully saturated rings. The minimum Gasteiger partial charge on any atom is -0.384 e. The summed E-state index contributed by atoms with van der Waals surface area (Å²) in [4.78, 5) is 0.303. The second kappa shape index (κ2) is 7.78. The van der Waals surface area contributed by atoms with Crippen molar-refractivity contribution in [3.05, 3.63) is 18.0 Å². The lowest BCUT2D eigenvalue weighted by molar-refractivity contribution is 0.161. The third-order valence-corrected chi connectivity index (χ3v) is 4.41. The van der Waals surface area contributed by atoms with Gasteiger partial charge in [0.2, 0.25) is 10.0 Å². The van der Waals surface area contributed by atoms with Crippen molar-refractivity contribution in [3.63, 3.8) is 0 Å². The molecule has 0 saturated carbocycles. The van der Waals surface area contributed by atoms with Gasteiger partial charge in [0, 0.05) is 45.7 Å². The molecule has 1 atom stereocenters. The summed E-state index contributed by atoms with van der Waals surface area (Å²) < 4.78 is 33.8. The SMILES string of the molecule is CCNCc1cc(S(=O)(=O)NCC(C)COC)cn1C. The Bertz CT molecular complexity index is 511. The Hall–Kier alpha value is -0.890. The van der Waals surface area contributed by atoms with Crippen LogP contribution >= 0.6 is 0 Å². The van der Waals surface area contributed by atoms with Crippen LogP contribution < -0.4 is 10.0 Å². The maximum Gasteiger partial charge on any atom is 0.242 e. The fourth-order valence-electron chi connectivity index (χ4n) is 1.83. The van der Waals surface area contributed by atoms with Crippen molar-refractivity contribution in [2.45, 2.75) is 25.3 Å². The average Bonchev–Trinajstić information content (AvgIpc) is 2.77. The summed E-state index contributed by atoms with van der Waals surface area (Å²) in [5.74, 6) is 0.139. The van der Waals surface area contributed by atoms with Gasteiger partial charge < -0.3 is 14.6 Å². The van der Waals surface area contributed by atoms with Gasteiger partial charge in [-0.1, -0.05) is 13.8 Å². The van der Waals surface area contributed by atoms with Gasteiger partial charge in [-0.3, -0.25) is 0 Å². The molecular formula is C13H25N3O3S. The van der Waals surface area contributed by atoms with Crippen molar-refractivity contribution in [2.24, 2.45) is 13.0 Å². The van der Waals surface area contributed by atoms with Gasteiger partial charge in [0.1, 0.15) is 0 Å². The summed E-state index contributed by atoms with van der Waals surface area (Å²) in [6, 6.07) is 1.70. The largest absolute Gasteiger partial charge is 0.384 e. The number of hydrogen-bond donors (Lipinski definition) is 2. The van der Waals surface area contributed by atoms with Crippen molar-refractivity contribution in [2.75, 3.05) is 26.8 Å². The number of sulfonamides is 1. The van der Waals surface area contributed by atoms with Gasteiger partial charge in [-0.15, -0.1) is 0 Å². The van der Waals surface area contributed by atoms with E-state index >= 15 is 0 Å². The first-order valence-electron chi connectivity index (χ1n) is 6.75. The molecule has 1 rings (SSSR count). The minimum absolute atomic E-state index is 0.139. The number of methoxy groups -OCH3 is 1. The summed E-state index contributed by atoms with van der Waals surface area (Å²) in [5, 5.41) is 3.18. The lowest BCUT2D eigenvalue weighted by atomic mass is 10.2. The van der Waals surface area contributed by atoms with Crippen LogP contribution in [0.2, 0.25) is 0 Å². The Labute approximate surface area is 121 Å². The summed E-state index contributed by atoms with van der Waals surface area (Å²) in [5.41, 5.74) is 0.942. The number of aromatic nitrogens is 1. The molecule has 0 aliphatic carbocycles. The number of nitrogens with one attached hydrogen (secondary N) is 2. The second-order valence-electron chi connectivity index (χ2n) is 4.97. The number of aryl methyl sites for hydroxylation is 1. The fourth-order valence-corrected chi connectivity index (χ4v) is 3.09. The first kappa shape index (κ1) is 17.2. The minimum atomic E-state index is -3.45. The predicted octanol–water partition coefficient (Wildman–Crippen LogP) is 0.695. The molecule has 0 radical (unpaired) electrons. The van der Waals surface area contributed by atoms with Crippen LogP contribution in [0.3, 0.4) is 0 Å². The van der Waals surface area contributed by atoms with E-state index in [1.165, 1.54) is 0 Å². The van der Waals surface area contributed by atoms with Crippen LogP contribution in [0.4, 0.5) is 0 Å². The zero-order valence-corrected chi connectivity index (χ0v) is 13.5. The summed E-state index contributed by atoms with van der Waals surface area (Å²) in [6.45, 7) is 6.35. The number of nitrogens with zero attached hydrogens (tertiary/aromatic N) is 1. The van der Waals surface area contributed by atoms with E-state index in [-0.39, 0.29) is 5.92 Å². The highest BCUT2D eigenvalue weighted by Crippen LogP contribution is 2.13. The Morgan fingerprint density at radius 1 is 1.45 bits per heavy atom. The molecule has 0 amide bonds. The number of hydrogen-bond acceptors (Lipinski definition) is 4. The molecule has 0 aromatic carbocycles. The Morgan fingerprint density at radius 3 is 2.75 bits per heavy atom. The van der Waals surface area contributed by atoms with Crippen LogP contribution in [-0.4, -0.2) is 39.8 Å². The molecule has 116 valence electrons. The first-order valence-corrected chi connectivity index (χ1v) is 8.23. The predicted molar refractivity (Wildman–Crippen MR) is 79.0 cm³/mol. The molecule has 0 bridgehead atoms. The standard InChI is InChI=1S/C13H25N3O3S/c1-5-14-8-12-6-13(9-16(12)3)20(17,18)15-7-11(2)10-19-4/h6,9,11,14-15H,5,7-8,10H2,1-4H3. The van der Waals surface area contributed by atoms with Crippen LogP contribution in [0.1, 0.15) is 19.5 Å². The maximum absolute atomic E-state index is 12.2. The lowest BCUT2D eigenvalue weighted by Crippen LogP contribution is -2.29. The molecule has 0 spiro atoms. The highest BCUT2D eigenvalue weighted by Gasteiger charge is 2.18. The smallest absolute Gasteiger partial charge is 0.242 e. The first-order chi connectivity index (χ1) is 9.40.